The Morgan fingerprint density at radius 2 is 1.81 bits per heavy atom. The van der Waals surface area contributed by atoms with Gasteiger partial charge in [0.15, 0.2) is 0 Å². The minimum atomic E-state index is -0.325. The van der Waals surface area contributed by atoms with E-state index in [9.17, 15) is 4.79 Å². The third-order valence-corrected chi connectivity index (χ3v) is 4.56. The van der Waals surface area contributed by atoms with Crippen LogP contribution in [0.5, 0.6) is 0 Å². The molecule has 0 amide bonds. The van der Waals surface area contributed by atoms with Crippen molar-refractivity contribution in [3.05, 3.63) is 52.0 Å². The maximum atomic E-state index is 12.6. The fourth-order valence-electron chi connectivity index (χ4n) is 3.15. The molecule has 1 aromatic carbocycles. The number of pyridine rings is 1. The van der Waals surface area contributed by atoms with Gasteiger partial charge < -0.3 is 9.15 Å². The number of aromatic nitrogens is 1. The van der Waals surface area contributed by atoms with Crippen molar-refractivity contribution in [3.8, 4) is 0 Å². The molecule has 3 aromatic rings. The molecule has 0 atom stereocenters. The first kappa shape index (κ1) is 18.6. The Morgan fingerprint density at radius 3 is 2.50 bits per heavy atom. The lowest BCUT2D eigenvalue weighted by Crippen LogP contribution is -2.29. The zero-order chi connectivity index (χ0) is 19.1. The molecule has 0 N–H and O–H groups in total. The van der Waals surface area contributed by atoms with E-state index in [-0.39, 0.29) is 16.6 Å². The van der Waals surface area contributed by atoms with Crippen LogP contribution < -0.4 is 5.63 Å². The van der Waals surface area contributed by atoms with Crippen LogP contribution in [-0.4, -0.2) is 17.2 Å². The average Bonchev–Trinajstić information content (AvgIpc) is 2.55. The highest BCUT2D eigenvalue weighted by molar-refractivity contribution is 6.02. The second-order valence-electron chi connectivity index (χ2n) is 8.76. The summed E-state index contributed by atoms with van der Waals surface area (Å²) in [5, 5.41) is 1.45. The van der Waals surface area contributed by atoms with Crippen LogP contribution in [0.25, 0.3) is 21.9 Å². The SMILES string of the molecule is Cc1c(CC(C)(C)COC(C)(C)C)cnc2c1c(=O)oc1ccccc12. The Labute approximate surface area is 154 Å². The normalized spacial score (nSPS) is 12.8. The van der Waals surface area contributed by atoms with Crippen LogP contribution in [0.2, 0.25) is 0 Å². The van der Waals surface area contributed by atoms with Crippen molar-refractivity contribution in [2.24, 2.45) is 5.41 Å². The summed E-state index contributed by atoms with van der Waals surface area (Å²) in [6.07, 6.45) is 2.67. The zero-order valence-corrected chi connectivity index (χ0v) is 16.5. The molecule has 0 radical (unpaired) electrons. The molecule has 138 valence electrons. The van der Waals surface area contributed by atoms with E-state index < -0.39 is 0 Å². The summed E-state index contributed by atoms with van der Waals surface area (Å²) in [7, 11) is 0. The largest absolute Gasteiger partial charge is 0.422 e. The van der Waals surface area contributed by atoms with Gasteiger partial charge in [-0.3, -0.25) is 4.98 Å². The van der Waals surface area contributed by atoms with E-state index in [1.165, 1.54) is 0 Å². The van der Waals surface area contributed by atoms with Crippen LogP contribution in [0.3, 0.4) is 0 Å². The van der Waals surface area contributed by atoms with Gasteiger partial charge in [-0.15, -0.1) is 0 Å². The van der Waals surface area contributed by atoms with Gasteiger partial charge in [0.25, 0.3) is 0 Å². The molecule has 0 fully saturated rings. The number of ether oxygens (including phenoxy) is 1. The number of para-hydroxylation sites is 1. The third-order valence-electron chi connectivity index (χ3n) is 4.56. The zero-order valence-electron chi connectivity index (χ0n) is 16.5. The van der Waals surface area contributed by atoms with Crippen molar-refractivity contribution >= 4 is 21.9 Å². The summed E-state index contributed by atoms with van der Waals surface area (Å²) >= 11 is 0. The molecule has 0 bridgehead atoms. The van der Waals surface area contributed by atoms with Crippen molar-refractivity contribution in [2.75, 3.05) is 6.61 Å². The maximum Gasteiger partial charge on any atom is 0.346 e. The molecule has 2 aromatic heterocycles. The van der Waals surface area contributed by atoms with E-state index in [1.54, 1.807) is 6.07 Å². The van der Waals surface area contributed by atoms with Crippen molar-refractivity contribution < 1.29 is 9.15 Å². The Bertz CT molecular complexity index is 1010. The fourth-order valence-corrected chi connectivity index (χ4v) is 3.15. The van der Waals surface area contributed by atoms with Crippen LogP contribution in [0, 0.1) is 12.3 Å². The fraction of sp³-hybridized carbons (Fsp3) is 0.455. The molecular formula is C22H27NO3. The Balaban J connectivity index is 2.03. The Morgan fingerprint density at radius 1 is 1.12 bits per heavy atom. The van der Waals surface area contributed by atoms with E-state index in [0.717, 1.165) is 22.9 Å². The molecule has 4 nitrogen and oxygen atoms in total. The molecule has 0 unspecified atom stereocenters. The lowest BCUT2D eigenvalue weighted by Gasteiger charge is -2.30. The van der Waals surface area contributed by atoms with Gasteiger partial charge in [-0.1, -0.05) is 26.0 Å². The van der Waals surface area contributed by atoms with E-state index in [2.05, 4.69) is 39.6 Å². The van der Waals surface area contributed by atoms with Gasteiger partial charge in [-0.25, -0.2) is 4.79 Å². The van der Waals surface area contributed by atoms with Gasteiger partial charge >= 0.3 is 5.63 Å². The smallest absolute Gasteiger partial charge is 0.346 e. The highest BCUT2D eigenvalue weighted by Crippen LogP contribution is 2.29. The average molecular weight is 353 g/mol. The molecule has 0 aliphatic carbocycles. The topological polar surface area (TPSA) is 52.3 Å². The molecule has 0 aliphatic rings. The first-order valence-corrected chi connectivity index (χ1v) is 9.01. The van der Waals surface area contributed by atoms with Gasteiger partial charge in [0.05, 0.1) is 23.1 Å². The number of nitrogens with zero attached hydrogens (tertiary/aromatic N) is 1. The predicted octanol–water partition coefficient (Wildman–Crippen LogP) is 5.03. The summed E-state index contributed by atoms with van der Waals surface area (Å²) in [6.45, 7) is 13.1. The minimum Gasteiger partial charge on any atom is -0.422 e. The Kier molecular flexibility index (Phi) is 4.65. The van der Waals surface area contributed by atoms with Crippen molar-refractivity contribution in [3.63, 3.8) is 0 Å². The van der Waals surface area contributed by atoms with Gasteiger partial charge in [0.2, 0.25) is 0 Å². The number of fused-ring (bicyclic) bond motifs is 3. The molecule has 2 heterocycles. The number of rotatable bonds is 4. The number of benzene rings is 1. The van der Waals surface area contributed by atoms with Crippen LogP contribution in [0.15, 0.2) is 39.7 Å². The van der Waals surface area contributed by atoms with Crippen molar-refractivity contribution in [2.45, 2.75) is 53.6 Å². The lowest BCUT2D eigenvalue weighted by atomic mass is 9.85. The summed E-state index contributed by atoms with van der Waals surface area (Å²) < 4.78 is 11.5. The highest BCUT2D eigenvalue weighted by Gasteiger charge is 2.24. The molecule has 3 rings (SSSR count). The van der Waals surface area contributed by atoms with Crippen LogP contribution in [0.4, 0.5) is 0 Å². The van der Waals surface area contributed by atoms with Crippen LogP contribution in [-0.2, 0) is 11.2 Å². The maximum absolute atomic E-state index is 12.6. The lowest BCUT2D eigenvalue weighted by molar-refractivity contribution is -0.0427. The third kappa shape index (κ3) is 3.80. The quantitative estimate of drug-likeness (QED) is 0.487. The molecular weight excluding hydrogens is 326 g/mol. The predicted molar refractivity (Wildman–Crippen MR) is 106 cm³/mol. The van der Waals surface area contributed by atoms with E-state index >= 15 is 0 Å². The summed E-state index contributed by atoms with van der Waals surface area (Å²) in [5.41, 5.74) is 2.72. The monoisotopic (exact) mass is 353 g/mol. The standard InChI is InChI=1S/C22H27NO3/c1-14-15(11-22(5,6)13-25-21(2,3)4)12-23-19-16-9-7-8-10-17(16)26-20(24)18(14)19/h7-10,12H,11,13H2,1-6H3. The molecule has 26 heavy (non-hydrogen) atoms. The minimum absolute atomic E-state index is 0.0650. The van der Waals surface area contributed by atoms with Gasteiger partial charge in [0.1, 0.15) is 5.58 Å². The highest BCUT2D eigenvalue weighted by atomic mass is 16.5. The van der Waals surface area contributed by atoms with E-state index in [4.69, 9.17) is 9.15 Å². The van der Waals surface area contributed by atoms with Crippen LogP contribution in [0.1, 0.15) is 45.7 Å². The van der Waals surface area contributed by atoms with Crippen molar-refractivity contribution in [1.82, 2.24) is 4.98 Å². The second-order valence-corrected chi connectivity index (χ2v) is 8.76. The molecule has 0 aliphatic heterocycles. The molecule has 0 saturated carbocycles. The van der Waals surface area contributed by atoms with Crippen LogP contribution >= 0.6 is 0 Å². The second kappa shape index (κ2) is 6.51. The summed E-state index contributed by atoms with van der Waals surface area (Å²) in [5.74, 6) is 0. The molecule has 0 saturated heterocycles. The van der Waals surface area contributed by atoms with Gasteiger partial charge in [-0.05, 0) is 62.8 Å². The number of aryl methyl sites for hydroxylation is 1. The molecule has 4 heteroatoms. The van der Waals surface area contributed by atoms with Gasteiger partial charge in [0, 0.05) is 11.6 Å². The number of hydrogen-bond donors (Lipinski definition) is 0. The summed E-state index contributed by atoms with van der Waals surface area (Å²) in [6, 6.07) is 7.53. The van der Waals surface area contributed by atoms with E-state index in [0.29, 0.717) is 23.1 Å². The first-order chi connectivity index (χ1) is 12.1. The Hall–Kier alpha value is -2.20. The summed E-state index contributed by atoms with van der Waals surface area (Å²) in [4.78, 5) is 17.2. The first-order valence-electron chi connectivity index (χ1n) is 9.01. The van der Waals surface area contributed by atoms with Crippen molar-refractivity contribution in [1.29, 1.82) is 0 Å². The molecule has 0 spiro atoms. The van der Waals surface area contributed by atoms with Gasteiger partial charge in [-0.2, -0.15) is 0 Å². The number of hydrogen-bond acceptors (Lipinski definition) is 4. The van der Waals surface area contributed by atoms with E-state index in [1.807, 2.05) is 31.3 Å².